The molecule has 0 bridgehead atoms. The van der Waals surface area contributed by atoms with Crippen LogP contribution in [0.25, 0.3) is 0 Å². The highest BCUT2D eigenvalue weighted by Gasteiger charge is 2.19. The number of esters is 2. The summed E-state index contributed by atoms with van der Waals surface area (Å²) in [5.41, 5.74) is 35.2. The maximum Gasteiger partial charge on any atom is 0.508 e. The average Bonchev–Trinajstić information content (AvgIpc) is 3.37. The lowest BCUT2D eigenvalue weighted by molar-refractivity contribution is -0.140. The average molecular weight is 1010 g/mol. The molecule has 0 aromatic heterocycles. The molecule has 0 saturated heterocycles. The van der Waals surface area contributed by atoms with Gasteiger partial charge in [0.2, 0.25) is 0 Å². The van der Waals surface area contributed by atoms with Crippen molar-refractivity contribution in [2.24, 2.45) is 0 Å². The predicted octanol–water partition coefficient (Wildman–Crippen LogP) is 8.13. The third kappa shape index (κ3) is 18.7. The summed E-state index contributed by atoms with van der Waals surface area (Å²) in [6, 6.07) is 47.3. The van der Waals surface area contributed by atoms with E-state index in [1.54, 1.807) is 0 Å². The van der Waals surface area contributed by atoms with Crippen LogP contribution in [0.15, 0.2) is 170 Å². The summed E-state index contributed by atoms with van der Waals surface area (Å²) in [6.45, 7) is 10.3. The Bertz CT molecular complexity index is 2760. The Morgan fingerprint density at radius 2 is 0.726 bits per heavy atom. The van der Waals surface area contributed by atoms with E-state index in [4.69, 9.17) is 46.1 Å². The van der Waals surface area contributed by atoms with Crippen molar-refractivity contribution in [3.63, 3.8) is 0 Å². The van der Waals surface area contributed by atoms with Crippen molar-refractivity contribution in [2.75, 3.05) is 86.2 Å². The van der Waals surface area contributed by atoms with E-state index in [-0.39, 0.29) is 69.1 Å². The van der Waals surface area contributed by atoms with Gasteiger partial charge in [0.05, 0.1) is 6.61 Å². The Morgan fingerprint density at radius 3 is 1.08 bits per heavy atom. The molecule has 0 unspecified atom stereocenters. The Hall–Kier alpha value is -8.32. The molecule has 73 heavy (non-hydrogen) atoms. The largest absolute Gasteiger partial charge is 0.508 e. The van der Waals surface area contributed by atoms with E-state index in [0.717, 1.165) is 44.8 Å². The number of nitrogens with two attached hydrogens (primary N) is 4. The molecule has 0 aliphatic rings. The molecule has 0 fully saturated rings. The van der Waals surface area contributed by atoms with Gasteiger partial charge in [0.15, 0.2) is 0 Å². The maximum absolute atomic E-state index is 11.9. The lowest BCUT2D eigenvalue weighted by Gasteiger charge is -2.20. The van der Waals surface area contributed by atoms with Gasteiger partial charge in [-0.25, -0.2) is 14.4 Å². The van der Waals surface area contributed by atoms with E-state index in [2.05, 4.69) is 40.6 Å². The smallest absolute Gasteiger partial charge is 0.461 e. The number of ether oxygens (including phenoxy) is 4. The van der Waals surface area contributed by atoms with E-state index < -0.39 is 28.4 Å². The molecule has 0 saturated carbocycles. The van der Waals surface area contributed by atoms with Crippen molar-refractivity contribution in [2.45, 2.75) is 25.7 Å². The number of hydrogen-bond acceptors (Lipinski definition) is 16. The first-order chi connectivity index (χ1) is 35.0. The lowest BCUT2D eigenvalue weighted by atomic mass is 9.85. The van der Waals surface area contributed by atoms with Crippen LogP contribution < -0.4 is 38.3 Å². The number of rotatable bonds is 24. The van der Waals surface area contributed by atoms with Crippen molar-refractivity contribution < 1.29 is 45.9 Å². The Labute approximate surface area is 426 Å². The first-order valence-corrected chi connectivity index (χ1v) is 24.6. The number of carbonyl (C=O) groups excluding carboxylic acids is 3. The van der Waals surface area contributed by atoms with Crippen molar-refractivity contribution >= 4 is 62.5 Å². The van der Waals surface area contributed by atoms with Gasteiger partial charge in [-0.15, -0.1) is 0 Å². The van der Waals surface area contributed by atoms with Crippen LogP contribution in [0.3, 0.4) is 0 Å². The molecular weight excluding hydrogens is 951 g/mol. The third-order valence-electron chi connectivity index (χ3n) is 10.7. The highest BCUT2D eigenvalue weighted by atomic mass is 32.2. The molecule has 384 valence electrons. The fourth-order valence-corrected chi connectivity index (χ4v) is 7.79. The van der Waals surface area contributed by atoms with Crippen LogP contribution in [-0.4, -0.2) is 79.2 Å². The van der Waals surface area contributed by atoms with Gasteiger partial charge in [-0.05, 0) is 120 Å². The van der Waals surface area contributed by atoms with Crippen molar-refractivity contribution in [3.8, 4) is 0 Å². The number of benzene rings is 6. The molecule has 0 spiro atoms. The number of anilines is 6. The molecule has 0 aliphatic heterocycles. The van der Waals surface area contributed by atoms with Gasteiger partial charge in [-0.2, -0.15) is 13.1 Å². The van der Waals surface area contributed by atoms with Crippen molar-refractivity contribution in [1.82, 2.24) is 4.72 Å². The molecule has 0 radical (unpaired) electrons. The minimum atomic E-state index is -3.96. The first-order valence-electron chi connectivity index (χ1n) is 23.2. The van der Waals surface area contributed by atoms with Gasteiger partial charge >= 0.3 is 28.4 Å². The maximum atomic E-state index is 11.9. The molecule has 0 heterocycles. The molecule has 6 rings (SSSR count). The summed E-state index contributed by atoms with van der Waals surface area (Å²) in [7, 11) is -3.96. The van der Waals surface area contributed by atoms with Gasteiger partial charge in [0.1, 0.15) is 26.4 Å². The predicted molar refractivity (Wildman–Crippen MR) is 287 cm³/mol. The Balaban J connectivity index is 0.000000271. The zero-order chi connectivity index (χ0) is 52.8. The summed E-state index contributed by atoms with van der Waals surface area (Å²) in [5.74, 6) is -1.10. The second-order valence-electron chi connectivity index (χ2n) is 16.6. The molecule has 0 atom stereocenters. The zero-order valence-corrected chi connectivity index (χ0v) is 41.7. The van der Waals surface area contributed by atoms with E-state index in [9.17, 15) is 22.8 Å². The second-order valence-corrected chi connectivity index (χ2v) is 18.0. The molecule has 11 N–H and O–H groups in total. The van der Waals surface area contributed by atoms with Gasteiger partial charge in [0, 0.05) is 76.7 Å². The minimum absolute atomic E-state index is 0.00975. The summed E-state index contributed by atoms with van der Waals surface area (Å²) in [4.78, 5) is 34.2. The molecule has 18 heteroatoms. The zero-order valence-electron chi connectivity index (χ0n) is 40.9. The van der Waals surface area contributed by atoms with E-state index in [0.29, 0.717) is 29.3 Å². The lowest BCUT2D eigenvalue weighted by Crippen LogP contribution is -2.31. The summed E-state index contributed by atoms with van der Waals surface area (Å²) in [5, 5.41) is 6.35. The number of nitrogens with one attached hydrogen (secondary N) is 3. The number of carbonyl (C=O) groups is 3. The van der Waals surface area contributed by atoms with Gasteiger partial charge in [0.25, 0.3) is 0 Å². The third-order valence-corrected chi connectivity index (χ3v) is 11.8. The van der Waals surface area contributed by atoms with Gasteiger partial charge < -0.3 is 52.5 Å². The van der Waals surface area contributed by atoms with E-state index >= 15 is 0 Å². The van der Waals surface area contributed by atoms with Gasteiger partial charge in [-0.1, -0.05) is 86.0 Å². The first kappa shape index (κ1) is 55.6. The molecule has 6 aromatic rings. The second kappa shape index (κ2) is 27.9. The van der Waals surface area contributed by atoms with Crippen LogP contribution in [0.1, 0.15) is 59.1 Å². The van der Waals surface area contributed by atoms with Crippen LogP contribution in [0.5, 0.6) is 0 Å². The highest BCUT2D eigenvalue weighted by molar-refractivity contribution is 7.84. The van der Waals surface area contributed by atoms with Crippen LogP contribution >= 0.6 is 0 Å². The number of nitrogen functional groups attached to an aromatic ring is 4. The minimum Gasteiger partial charge on any atom is -0.461 e. The van der Waals surface area contributed by atoms with Gasteiger partial charge in [-0.3, -0.25) is 4.18 Å². The van der Waals surface area contributed by atoms with E-state index in [1.165, 1.54) is 13.8 Å². The topological polar surface area (TPSA) is 272 Å². The Morgan fingerprint density at radius 1 is 0.438 bits per heavy atom. The molecule has 0 aliphatic carbocycles. The molecule has 0 amide bonds. The fraction of sp³-hybridized carbons (Fsp3) is 0.218. The summed E-state index contributed by atoms with van der Waals surface area (Å²) < 4.78 is 50.5. The molecule has 6 aromatic carbocycles. The normalized spacial score (nSPS) is 10.9. The van der Waals surface area contributed by atoms with Crippen molar-refractivity contribution in [3.05, 3.63) is 203 Å². The summed E-state index contributed by atoms with van der Waals surface area (Å²) >= 11 is 0. The van der Waals surface area contributed by atoms with Crippen LogP contribution in [0.2, 0.25) is 0 Å². The standard InChI is InChI=1S/C28H31N3O5.C27H32N4O5S/c1-19(2)27(32)34-17-18-36-28(33)35-16-15-31-25-13-7-22(8-14-25)26(20-3-9-23(29)10-4-20)21-5-11-24(30)12-6-21;1-19(2)27(32)35-17-16-31-37(33,34)36-18-15-30-25-13-7-22(8-14-25)26(20-3-9-23(28)10-4-20)21-5-11-24(29)12-6-21/h3-14,26,31H,1,15-18,29-30H2,2H3;3-14,26,30-31H,1,15-18,28-29H2,2H3. The molecular formula is C55H63N7O10S. The Kier molecular flexibility index (Phi) is 21.3. The fourth-order valence-electron chi connectivity index (χ4n) is 7.07. The van der Waals surface area contributed by atoms with Crippen LogP contribution in [0.4, 0.5) is 38.9 Å². The summed E-state index contributed by atoms with van der Waals surface area (Å²) in [6.07, 6.45) is -0.826. The number of hydrogen-bond donors (Lipinski definition) is 7. The van der Waals surface area contributed by atoms with Crippen LogP contribution in [0, 0.1) is 0 Å². The monoisotopic (exact) mass is 1010 g/mol. The SMILES string of the molecule is C=C(C)C(=O)OCCNS(=O)(=O)OCCNc1ccc(C(c2ccc(N)cc2)c2ccc(N)cc2)cc1.C=C(C)C(=O)OCCOC(=O)OCCNc1ccc(C(c2ccc(N)cc2)c2ccc(N)cc2)cc1. The highest BCUT2D eigenvalue weighted by Crippen LogP contribution is 2.35. The van der Waals surface area contributed by atoms with Crippen molar-refractivity contribution in [1.29, 1.82) is 0 Å². The molecule has 17 nitrogen and oxygen atoms in total. The van der Waals surface area contributed by atoms with E-state index in [1.807, 2.05) is 133 Å². The quantitative estimate of drug-likeness (QED) is 0.00753. The van der Waals surface area contributed by atoms with Crippen LogP contribution in [-0.2, 0) is 43.0 Å².